The molecule has 0 spiro atoms. The fourth-order valence-electron chi connectivity index (χ4n) is 2.71. The smallest absolute Gasteiger partial charge is 0.253 e. The third kappa shape index (κ3) is 2.24. The van der Waals surface area contributed by atoms with Gasteiger partial charge in [-0.3, -0.25) is 4.79 Å². The highest BCUT2D eigenvalue weighted by Crippen LogP contribution is 2.20. The third-order valence-electron chi connectivity index (χ3n) is 4.06. The van der Waals surface area contributed by atoms with Crippen LogP contribution in [-0.2, 0) is 0 Å². The van der Waals surface area contributed by atoms with Crippen LogP contribution in [0, 0.1) is 5.92 Å². The maximum absolute atomic E-state index is 12.5. The van der Waals surface area contributed by atoms with Crippen molar-refractivity contribution >= 4 is 16.8 Å². The zero-order valence-corrected chi connectivity index (χ0v) is 11.1. The summed E-state index contributed by atoms with van der Waals surface area (Å²) in [6, 6.07) is 8.04. The largest absolute Gasteiger partial charge is 0.361 e. The number of aromatic amines is 1. The Hall–Kier alpha value is -1.81. The van der Waals surface area contributed by atoms with E-state index < -0.39 is 0 Å². The van der Waals surface area contributed by atoms with Gasteiger partial charge in [0.05, 0.1) is 0 Å². The van der Waals surface area contributed by atoms with Gasteiger partial charge in [-0.05, 0) is 35.9 Å². The Morgan fingerprint density at radius 2 is 2.26 bits per heavy atom. The number of hydrogen-bond donors (Lipinski definition) is 2. The summed E-state index contributed by atoms with van der Waals surface area (Å²) in [5.74, 6) is 0.474. The highest BCUT2D eigenvalue weighted by molar-refractivity contribution is 5.98. The van der Waals surface area contributed by atoms with E-state index in [2.05, 4.69) is 11.9 Å². The average molecular weight is 257 g/mol. The van der Waals surface area contributed by atoms with Gasteiger partial charge in [0, 0.05) is 36.4 Å². The van der Waals surface area contributed by atoms with Crippen molar-refractivity contribution in [1.82, 2.24) is 9.88 Å². The molecule has 0 radical (unpaired) electrons. The van der Waals surface area contributed by atoms with E-state index in [1.807, 2.05) is 35.4 Å². The summed E-state index contributed by atoms with van der Waals surface area (Å²) in [7, 11) is 0. The summed E-state index contributed by atoms with van der Waals surface area (Å²) in [4.78, 5) is 17.5. The van der Waals surface area contributed by atoms with Crippen LogP contribution < -0.4 is 5.73 Å². The molecular formula is C15H19N3O. The molecule has 0 aliphatic carbocycles. The maximum Gasteiger partial charge on any atom is 0.253 e. The number of nitrogens with one attached hydrogen (secondary N) is 1. The number of benzene rings is 1. The number of hydrogen-bond acceptors (Lipinski definition) is 2. The molecule has 1 aliphatic rings. The molecule has 3 N–H and O–H groups in total. The molecule has 1 saturated heterocycles. The molecule has 2 aromatic rings. The Morgan fingerprint density at radius 3 is 3.05 bits per heavy atom. The second-order valence-electron chi connectivity index (χ2n) is 5.46. The number of carbonyl (C=O) groups is 1. The Kier molecular flexibility index (Phi) is 3.03. The summed E-state index contributed by atoms with van der Waals surface area (Å²) >= 11 is 0. The third-order valence-corrected chi connectivity index (χ3v) is 4.06. The first-order chi connectivity index (χ1) is 9.15. The second-order valence-corrected chi connectivity index (χ2v) is 5.46. The number of piperidine rings is 1. The average Bonchev–Trinajstić information content (AvgIpc) is 2.88. The molecule has 1 fully saturated rings. The van der Waals surface area contributed by atoms with Crippen LogP contribution >= 0.6 is 0 Å². The van der Waals surface area contributed by atoms with Gasteiger partial charge in [-0.15, -0.1) is 0 Å². The van der Waals surface area contributed by atoms with Gasteiger partial charge < -0.3 is 15.6 Å². The molecular weight excluding hydrogens is 238 g/mol. The standard InChI is InChI=1S/C15H19N3O/c1-10-9-18(7-5-13(10)16)15(19)12-3-2-11-4-6-17-14(11)8-12/h2-4,6,8,10,13,17H,5,7,9,16H2,1H3. The Balaban J connectivity index is 1.83. The van der Waals surface area contributed by atoms with Gasteiger partial charge in [0.2, 0.25) is 0 Å². The van der Waals surface area contributed by atoms with Crippen LogP contribution in [0.1, 0.15) is 23.7 Å². The summed E-state index contributed by atoms with van der Waals surface area (Å²) in [6.45, 7) is 3.62. The van der Waals surface area contributed by atoms with Gasteiger partial charge in [-0.25, -0.2) is 0 Å². The number of carbonyl (C=O) groups excluding carboxylic acids is 1. The molecule has 1 aromatic heterocycles. The van der Waals surface area contributed by atoms with E-state index in [9.17, 15) is 4.79 Å². The van der Waals surface area contributed by atoms with Crippen LogP contribution in [-0.4, -0.2) is 34.9 Å². The first kappa shape index (κ1) is 12.2. The van der Waals surface area contributed by atoms with Gasteiger partial charge in [-0.2, -0.15) is 0 Å². The highest BCUT2D eigenvalue weighted by atomic mass is 16.2. The molecule has 2 atom stereocenters. The first-order valence-corrected chi connectivity index (χ1v) is 6.77. The van der Waals surface area contributed by atoms with Gasteiger partial charge in [0.15, 0.2) is 0 Å². The summed E-state index contributed by atoms with van der Waals surface area (Å²) < 4.78 is 0. The minimum Gasteiger partial charge on any atom is -0.361 e. The number of H-pyrrole nitrogens is 1. The van der Waals surface area contributed by atoms with Crippen molar-refractivity contribution in [3.05, 3.63) is 36.0 Å². The van der Waals surface area contributed by atoms with Crippen molar-refractivity contribution in [3.63, 3.8) is 0 Å². The van der Waals surface area contributed by atoms with Crippen molar-refractivity contribution in [2.75, 3.05) is 13.1 Å². The molecule has 2 heterocycles. The number of aromatic nitrogens is 1. The van der Waals surface area contributed by atoms with Crippen molar-refractivity contribution in [2.45, 2.75) is 19.4 Å². The molecule has 3 rings (SSSR count). The van der Waals surface area contributed by atoms with Gasteiger partial charge in [0.1, 0.15) is 0 Å². The minimum atomic E-state index is 0.107. The molecule has 1 aromatic carbocycles. The molecule has 100 valence electrons. The number of rotatable bonds is 1. The lowest BCUT2D eigenvalue weighted by Gasteiger charge is -2.35. The predicted molar refractivity (Wildman–Crippen MR) is 76.0 cm³/mol. The number of amides is 1. The van der Waals surface area contributed by atoms with E-state index >= 15 is 0 Å². The minimum absolute atomic E-state index is 0.107. The van der Waals surface area contributed by atoms with Crippen LogP contribution in [0.4, 0.5) is 0 Å². The summed E-state index contributed by atoms with van der Waals surface area (Å²) in [5.41, 5.74) is 7.75. The molecule has 2 unspecified atom stereocenters. The van der Waals surface area contributed by atoms with Gasteiger partial charge >= 0.3 is 0 Å². The molecule has 1 aliphatic heterocycles. The maximum atomic E-state index is 12.5. The van der Waals surface area contributed by atoms with Gasteiger partial charge in [-0.1, -0.05) is 13.0 Å². The Bertz CT molecular complexity index is 604. The number of nitrogens with zero attached hydrogens (tertiary/aromatic N) is 1. The lowest BCUT2D eigenvalue weighted by molar-refractivity contribution is 0.0664. The highest BCUT2D eigenvalue weighted by Gasteiger charge is 2.26. The topological polar surface area (TPSA) is 62.1 Å². The fraction of sp³-hybridized carbons (Fsp3) is 0.400. The van der Waals surface area contributed by atoms with E-state index in [0.29, 0.717) is 5.92 Å². The summed E-state index contributed by atoms with van der Waals surface area (Å²) in [6.07, 6.45) is 2.78. The van der Waals surface area contributed by atoms with E-state index in [4.69, 9.17) is 5.73 Å². The zero-order valence-electron chi connectivity index (χ0n) is 11.1. The monoisotopic (exact) mass is 257 g/mol. The molecule has 1 amide bonds. The normalized spacial score (nSPS) is 23.8. The van der Waals surface area contributed by atoms with Crippen LogP contribution in [0.2, 0.25) is 0 Å². The van der Waals surface area contributed by atoms with Crippen LogP contribution in [0.15, 0.2) is 30.5 Å². The van der Waals surface area contributed by atoms with E-state index in [1.165, 1.54) is 0 Å². The van der Waals surface area contributed by atoms with Crippen molar-refractivity contribution < 1.29 is 4.79 Å². The van der Waals surface area contributed by atoms with Gasteiger partial charge in [0.25, 0.3) is 5.91 Å². The lowest BCUT2D eigenvalue weighted by atomic mass is 9.94. The lowest BCUT2D eigenvalue weighted by Crippen LogP contribution is -2.48. The van der Waals surface area contributed by atoms with Crippen molar-refractivity contribution in [3.8, 4) is 0 Å². The van der Waals surface area contributed by atoms with E-state index in [0.717, 1.165) is 36.0 Å². The van der Waals surface area contributed by atoms with Crippen molar-refractivity contribution in [1.29, 1.82) is 0 Å². The van der Waals surface area contributed by atoms with Crippen LogP contribution in [0.5, 0.6) is 0 Å². The Morgan fingerprint density at radius 1 is 1.42 bits per heavy atom. The van der Waals surface area contributed by atoms with Crippen LogP contribution in [0.3, 0.4) is 0 Å². The quantitative estimate of drug-likeness (QED) is 0.820. The molecule has 4 heteroatoms. The number of nitrogens with two attached hydrogens (primary N) is 1. The van der Waals surface area contributed by atoms with Crippen LogP contribution in [0.25, 0.3) is 10.9 Å². The number of fused-ring (bicyclic) bond motifs is 1. The van der Waals surface area contributed by atoms with E-state index in [1.54, 1.807) is 0 Å². The summed E-state index contributed by atoms with van der Waals surface area (Å²) in [5, 5.41) is 1.13. The first-order valence-electron chi connectivity index (χ1n) is 6.77. The predicted octanol–water partition coefficient (Wildman–Crippen LogP) is 1.98. The molecule has 19 heavy (non-hydrogen) atoms. The zero-order chi connectivity index (χ0) is 13.4. The fourth-order valence-corrected chi connectivity index (χ4v) is 2.71. The SMILES string of the molecule is CC1CN(C(=O)c2ccc3cc[nH]c3c2)CCC1N. The molecule has 0 bridgehead atoms. The van der Waals surface area contributed by atoms with Crippen molar-refractivity contribution in [2.24, 2.45) is 11.7 Å². The number of likely N-dealkylation sites (tertiary alicyclic amines) is 1. The second kappa shape index (κ2) is 4.70. The van der Waals surface area contributed by atoms with E-state index in [-0.39, 0.29) is 11.9 Å². The Labute approximate surface area is 112 Å². The molecule has 0 saturated carbocycles. The molecule has 4 nitrogen and oxygen atoms in total.